The van der Waals surface area contributed by atoms with Crippen LogP contribution >= 0.6 is 11.6 Å². The van der Waals surface area contributed by atoms with Crippen molar-refractivity contribution in [1.82, 2.24) is 4.98 Å². The molecule has 2 aromatic carbocycles. The van der Waals surface area contributed by atoms with E-state index < -0.39 is 11.7 Å². The third-order valence-electron chi connectivity index (χ3n) is 4.43. The highest BCUT2D eigenvalue weighted by atomic mass is 35.5. The van der Waals surface area contributed by atoms with Crippen LogP contribution in [-0.2, 0) is 6.42 Å². The SMILES string of the molecule is C.COc1ccc(NC(=O)c2ccc(C(=N)N)cc2F)c(C(=O)Cc2ccc(Cl)cn2)c1. The molecule has 1 aromatic heterocycles. The molecule has 3 rings (SSSR count). The van der Waals surface area contributed by atoms with E-state index in [4.69, 9.17) is 27.5 Å². The summed E-state index contributed by atoms with van der Waals surface area (Å²) in [6, 6.07) is 11.4. The first-order valence-electron chi connectivity index (χ1n) is 9.05. The number of methoxy groups -OCH3 is 1. The number of rotatable bonds is 7. The number of nitrogens with zero attached hydrogens (tertiary/aromatic N) is 1. The van der Waals surface area contributed by atoms with E-state index in [1.807, 2.05) is 0 Å². The Kier molecular flexibility index (Phi) is 8.03. The second kappa shape index (κ2) is 10.5. The van der Waals surface area contributed by atoms with Crippen LogP contribution in [0.2, 0.25) is 5.02 Å². The van der Waals surface area contributed by atoms with Gasteiger partial charge in [0, 0.05) is 23.0 Å². The van der Waals surface area contributed by atoms with Crippen LogP contribution in [0.1, 0.15) is 39.4 Å². The number of halogens is 2. The molecule has 0 aliphatic carbocycles. The molecule has 7 nitrogen and oxygen atoms in total. The Hall–Kier alpha value is -3.78. The Bertz CT molecular complexity index is 1170. The van der Waals surface area contributed by atoms with Crippen LogP contribution in [0.4, 0.5) is 10.1 Å². The fourth-order valence-corrected chi connectivity index (χ4v) is 2.93. The summed E-state index contributed by atoms with van der Waals surface area (Å²) >= 11 is 5.82. The lowest BCUT2D eigenvalue weighted by atomic mass is 10.0. The van der Waals surface area contributed by atoms with Gasteiger partial charge in [0.2, 0.25) is 0 Å². The maximum atomic E-state index is 14.3. The molecule has 0 saturated carbocycles. The Labute approximate surface area is 189 Å². The standard InChI is InChI=1S/C22H18ClFN4O3.CH4/c1-31-15-5-7-19(17(10-15)20(29)9-14-4-3-13(23)11-27-14)28-22(30)16-6-2-12(21(25)26)8-18(16)24;/h2-8,10-11H,9H2,1H3,(H3,25,26)(H,28,30);1H4. The van der Waals surface area contributed by atoms with Gasteiger partial charge < -0.3 is 15.8 Å². The van der Waals surface area contributed by atoms with Gasteiger partial charge in [-0.3, -0.25) is 20.0 Å². The molecule has 0 spiro atoms. The number of carbonyl (C=O) groups is 2. The summed E-state index contributed by atoms with van der Waals surface area (Å²) < 4.78 is 19.5. The van der Waals surface area contributed by atoms with E-state index in [9.17, 15) is 14.0 Å². The first kappa shape index (κ1) is 24.5. The zero-order valence-electron chi connectivity index (χ0n) is 16.4. The second-order valence-electron chi connectivity index (χ2n) is 6.54. The minimum atomic E-state index is -0.836. The summed E-state index contributed by atoms with van der Waals surface area (Å²) in [4.78, 5) is 29.6. The number of amidine groups is 1. The van der Waals surface area contributed by atoms with Crippen LogP contribution in [0.25, 0.3) is 0 Å². The first-order valence-corrected chi connectivity index (χ1v) is 9.43. The molecule has 0 fully saturated rings. The van der Waals surface area contributed by atoms with E-state index >= 15 is 0 Å². The molecule has 9 heteroatoms. The van der Waals surface area contributed by atoms with Gasteiger partial charge in [-0.25, -0.2) is 4.39 Å². The van der Waals surface area contributed by atoms with Crippen LogP contribution in [0, 0.1) is 11.2 Å². The van der Waals surface area contributed by atoms with Crippen molar-refractivity contribution < 1.29 is 18.7 Å². The van der Waals surface area contributed by atoms with Crippen LogP contribution in [-0.4, -0.2) is 29.6 Å². The maximum Gasteiger partial charge on any atom is 0.258 e. The molecule has 0 radical (unpaired) electrons. The average Bonchev–Trinajstić information content (AvgIpc) is 2.75. The number of aromatic nitrogens is 1. The Morgan fingerprint density at radius 3 is 2.50 bits per heavy atom. The van der Waals surface area contributed by atoms with Gasteiger partial charge in [0.05, 0.1) is 29.8 Å². The van der Waals surface area contributed by atoms with Gasteiger partial charge in [-0.05, 0) is 42.5 Å². The number of carbonyl (C=O) groups excluding carboxylic acids is 2. The molecular formula is C23H22ClFN4O3. The number of Topliss-reactive ketones (excluding diaryl/α,β-unsaturated/α-hetero) is 1. The summed E-state index contributed by atoms with van der Waals surface area (Å²) in [6.07, 6.45) is 1.40. The monoisotopic (exact) mass is 456 g/mol. The van der Waals surface area contributed by atoms with Crippen molar-refractivity contribution in [3.8, 4) is 5.75 Å². The zero-order valence-corrected chi connectivity index (χ0v) is 17.2. The fraction of sp³-hybridized carbons (Fsp3) is 0.130. The molecule has 32 heavy (non-hydrogen) atoms. The number of nitrogens with one attached hydrogen (secondary N) is 2. The van der Waals surface area contributed by atoms with Crippen molar-refractivity contribution >= 4 is 34.8 Å². The lowest BCUT2D eigenvalue weighted by molar-refractivity contribution is 0.0992. The first-order chi connectivity index (χ1) is 14.8. The van der Waals surface area contributed by atoms with Crippen molar-refractivity contribution in [1.29, 1.82) is 5.41 Å². The molecule has 0 aliphatic rings. The molecular weight excluding hydrogens is 435 g/mol. The lowest BCUT2D eigenvalue weighted by Crippen LogP contribution is -2.18. The Morgan fingerprint density at radius 1 is 1.16 bits per heavy atom. The largest absolute Gasteiger partial charge is 0.497 e. The van der Waals surface area contributed by atoms with E-state index in [0.29, 0.717) is 16.5 Å². The van der Waals surface area contributed by atoms with E-state index in [0.717, 1.165) is 6.07 Å². The van der Waals surface area contributed by atoms with Crippen LogP contribution in [0.15, 0.2) is 54.7 Å². The van der Waals surface area contributed by atoms with E-state index in [1.165, 1.54) is 37.6 Å². The predicted octanol–water partition coefficient (Wildman–Crippen LogP) is 4.48. The minimum Gasteiger partial charge on any atom is -0.497 e. The fourth-order valence-electron chi connectivity index (χ4n) is 2.82. The summed E-state index contributed by atoms with van der Waals surface area (Å²) in [5, 5.41) is 10.4. The maximum absolute atomic E-state index is 14.3. The zero-order chi connectivity index (χ0) is 22.5. The van der Waals surface area contributed by atoms with E-state index in [1.54, 1.807) is 18.2 Å². The molecule has 0 aliphatic heterocycles. The highest BCUT2D eigenvalue weighted by Gasteiger charge is 2.19. The summed E-state index contributed by atoms with van der Waals surface area (Å²) in [5.74, 6) is -1.81. The number of ether oxygens (including phenoxy) is 1. The second-order valence-corrected chi connectivity index (χ2v) is 6.98. The summed E-state index contributed by atoms with van der Waals surface area (Å²) in [7, 11) is 1.45. The van der Waals surface area contributed by atoms with Crippen molar-refractivity contribution in [2.45, 2.75) is 13.8 Å². The highest BCUT2D eigenvalue weighted by molar-refractivity contribution is 6.30. The number of benzene rings is 2. The normalized spacial score (nSPS) is 10.1. The van der Waals surface area contributed by atoms with Gasteiger partial charge in [0.25, 0.3) is 5.91 Å². The van der Waals surface area contributed by atoms with Crippen LogP contribution < -0.4 is 15.8 Å². The molecule has 0 unspecified atom stereocenters. The summed E-state index contributed by atoms with van der Waals surface area (Å²) in [5.41, 5.74) is 6.12. The molecule has 166 valence electrons. The molecule has 0 bridgehead atoms. The van der Waals surface area contributed by atoms with Gasteiger partial charge >= 0.3 is 0 Å². The van der Waals surface area contributed by atoms with Crippen molar-refractivity contribution in [3.05, 3.63) is 88.0 Å². The quantitative estimate of drug-likeness (QED) is 0.275. The van der Waals surface area contributed by atoms with Gasteiger partial charge in [0.1, 0.15) is 17.4 Å². The Morgan fingerprint density at radius 2 is 1.91 bits per heavy atom. The minimum absolute atomic E-state index is 0. The number of ketones is 1. The topological polar surface area (TPSA) is 118 Å². The van der Waals surface area contributed by atoms with Crippen molar-refractivity contribution in [2.75, 3.05) is 12.4 Å². The highest BCUT2D eigenvalue weighted by Crippen LogP contribution is 2.25. The van der Waals surface area contributed by atoms with E-state index in [2.05, 4.69) is 10.3 Å². The molecule has 3 aromatic rings. The van der Waals surface area contributed by atoms with Gasteiger partial charge in [-0.1, -0.05) is 25.1 Å². The smallest absolute Gasteiger partial charge is 0.258 e. The third-order valence-corrected chi connectivity index (χ3v) is 4.65. The molecule has 4 N–H and O–H groups in total. The van der Waals surface area contributed by atoms with Gasteiger partial charge in [-0.15, -0.1) is 0 Å². The Balaban J connectivity index is 0.00000363. The lowest BCUT2D eigenvalue weighted by Gasteiger charge is -2.13. The van der Waals surface area contributed by atoms with Crippen molar-refractivity contribution in [2.24, 2.45) is 5.73 Å². The van der Waals surface area contributed by atoms with E-state index in [-0.39, 0.29) is 47.8 Å². The van der Waals surface area contributed by atoms with Gasteiger partial charge in [0.15, 0.2) is 5.78 Å². The third kappa shape index (κ3) is 5.67. The number of hydrogen-bond acceptors (Lipinski definition) is 5. The van der Waals surface area contributed by atoms with Crippen LogP contribution in [0.3, 0.4) is 0 Å². The average molecular weight is 457 g/mol. The number of nitrogen functional groups attached to an aromatic ring is 1. The van der Waals surface area contributed by atoms with Crippen molar-refractivity contribution in [3.63, 3.8) is 0 Å². The predicted molar refractivity (Wildman–Crippen MR) is 122 cm³/mol. The molecule has 1 amide bonds. The number of hydrogen-bond donors (Lipinski definition) is 3. The number of amides is 1. The number of pyridine rings is 1. The number of anilines is 1. The van der Waals surface area contributed by atoms with Crippen LogP contribution in [0.5, 0.6) is 5.75 Å². The molecule has 0 saturated heterocycles. The van der Waals surface area contributed by atoms with Gasteiger partial charge in [-0.2, -0.15) is 0 Å². The molecule has 0 atom stereocenters. The number of nitrogens with two attached hydrogens (primary N) is 1. The molecule has 1 heterocycles. The summed E-state index contributed by atoms with van der Waals surface area (Å²) in [6.45, 7) is 0.